The van der Waals surface area contributed by atoms with Crippen molar-refractivity contribution in [2.24, 2.45) is 5.92 Å². The maximum Gasteiger partial charge on any atom is 0.209 e. The van der Waals surface area contributed by atoms with E-state index < -0.39 is 0 Å². The third kappa shape index (κ3) is 2.50. The lowest BCUT2D eigenvalue weighted by molar-refractivity contribution is -0.118. The fraction of sp³-hybridized carbons (Fsp3) is 0.875. The molecule has 1 N–H and O–H groups in total. The largest absolute Gasteiger partial charge is 0.396 e. The molecule has 1 rings (SSSR count). The van der Waals surface area contributed by atoms with E-state index in [0.717, 1.165) is 38.8 Å². The minimum Gasteiger partial charge on any atom is -0.396 e. The molecule has 1 fully saturated rings. The molecule has 0 aromatic heterocycles. The second-order valence-corrected chi connectivity index (χ2v) is 3.14. The zero-order valence-corrected chi connectivity index (χ0v) is 6.70. The summed E-state index contributed by atoms with van der Waals surface area (Å²) in [5, 5.41) is 8.89. The fourth-order valence-electron chi connectivity index (χ4n) is 1.51. The Morgan fingerprint density at radius 2 is 2.36 bits per heavy atom. The number of rotatable bonds is 2. The smallest absolute Gasteiger partial charge is 0.209 e. The second kappa shape index (κ2) is 4.34. The van der Waals surface area contributed by atoms with Crippen LogP contribution in [0.25, 0.3) is 0 Å². The monoisotopic (exact) mass is 157 g/mol. The summed E-state index contributed by atoms with van der Waals surface area (Å²) < 4.78 is 0. The molecule has 1 amide bonds. The highest BCUT2D eigenvalue weighted by Crippen LogP contribution is 2.14. The molecule has 0 radical (unpaired) electrons. The predicted molar refractivity (Wildman–Crippen MR) is 42.1 cm³/mol. The van der Waals surface area contributed by atoms with E-state index in [2.05, 4.69) is 0 Å². The van der Waals surface area contributed by atoms with E-state index in [1.165, 1.54) is 0 Å². The van der Waals surface area contributed by atoms with E-state index in [-0.39, 0.29) is 6.61 Å². The van der Waals surface area contributed by atoms with Crippen LogP contribution in [-0.2, 0) is 4.79 Å². The first-order chi connectivity index (χ1) is 5.36. The standard InChI is InChI=1S/C8H15NO2/c10-6-8-3-1-2-4-9(5-8)7-11/h7-8,10H,1-6H2. The Hall–Kier alpha value is -0.570. The highest BCUT2D eigenvalue weighted by atomic mass is 16.3. The Bertz CT molecular complexity index is 127. The van der Waals surface area contributed by atoms with Crippen molar-refractivity contribution in [2.45, 2.75) is 19.3 Å². The average molecular weight is 157 g/mol. The van der Waals surface area contributed by atoms with Crippen LogP contribution in [0.1, 0.15) is 19.3 Å². The van der Waals surface area contributed by atoms with Gasteiger partial charge in [0.25, 0.3) is 0 Å². The number of hydrogen-bond donors (Lipinski definition) is 1. The summed E-state index contributed by atoms with van der Waals surface area (Å²) in [6, 6.07) is 0. The van der Waals surface area contributed by atoms with Gasteiger partial charge in [-0.2, -0.15) is 0 Å². The number of amides is 1. The lowest BCUT2D eigenvalue weighted by atomic mass is 10.1. The van der Waals surface area contributed by atoms with Gasteiger partial charge in [-0.3, -0.25) is 4.79 Å². The quantitative estimate of drug-likeness (QED) is 0.583. The van der Waals surface area contributed by atoms with E-state index in [9.17, 15) is 4.79 Å². The number of hydrogen-bond acceptors (Lipinski definition) is 2. The molecular formula is C8H15NO2. The molecule has 0 bridgehead atoms. The third-order valence-electron chi connectivity index (χ3n) is 2.21. The first-order valence-electron chi connectivity index (χ1n) is 4.17. The van der Waals surface area contributed by atoms with Gasteiger partial charge in [0.2, 0.25) is 6.41 Å². The molecule has 0 saturated carbocycles. The van der Waals surface area contributed by atoms with E-state index >= 15 is 0 Å². The number of carbonyl (C=O) groups is 1. The summed E-state index contributed by atoms with van der Waals surface area (Å²) in [5.74, 6) is 0.308. The Morgan fingerprint density at radius 3 is 3.00 bits per heavy atom. The Morgan fingerprint density at radius 1 is 1.55 bits per heavy atom. The highest BCUT2D eigenvalue weighted by molar-refractivity contribution is 5.46. The Kier molecular flexibility index (Phi) is 3.36. The molecule has 0 aromatic rings. The highest BCUT2D eigenvalue weighted by Gasteiger charge is 2.15. The molecule has 1 aliphatic rings. The zero-order chi connectivity index (χ0) is 8.10. The average Bonchev–Trinajstić information content (AvgIpc) is 2.28. The minimum atomic E-state index is 0.213. The summed E-state index contributed by atoms with van der Waals surface area (Å²) in [4.78, 5) is 12.2. The second-order valence-electron chi connectivity index (χ2n) is 3.14. The van der Waals surface area contributed by atoms with Gasteiger partial charge in [-0.05, 0) is 18.8 Å². The molecule has 1 heterocycles. The summed E-state index contributed by atoms with van der Waals surface area (Å²) in [7, 11) is 0. The third-order valence-corrected chi connectivity index (χ3v) is 2.21. The number of aliphatic hydroxyl groups excluding tert-OH is 1. The zero-order valence-electron chi connectivity index (χ0n) is 6.70. The maximum absolute atomic E-state index is 10.4. The van der Waals surface area contributed by atoms with Gasteiger partial charge < -0.3 is 10.0 Å². The van der Waals surface area contributed by atoms with Gasteiger partial charge >= 0.3 is 0 Å². The number of likely N-dealkylation sites (tertiary alicyclic amines) is 1. The SMILES string of the molecule is O=CN1CCCCC(CO)C1. The summed E-state index contributed by atoms with van der Waals surface area (Å²) >= 11 is 0. The van der Waals surface area contributed by atoms with Gasteiger partial charge in [0.05, 0.1) is 0 Å². The van der Waals surface area contributed by atoms with Crippen molar-refractivity contribution < 1.29 is 9.90 Å². The van der Waals surface area contributed by atoms with Gasteiger partial charge in [0.15, 0.2) is 0 Å². The molecule has 1 atom stereocenters. The van der Waals surface area contributed by atoms with Gasteiger partial charge in [-0.25, -0.2) is 0 Å². The van der Waals surface area contributed by atoms with E-state index in [1.54, 1.807) is 4.90 Å². The fourth-order valence-corrected chi connectivity index (χ4v) is 1.51. The molecule has 3 nitrogen and oxygen atoms in total. The van der Waals surface area contributed by atoms with Crippen LogP contribution in [0.2, 0.25) is 0 Å². The Balaban J connectivity index is 2.39. The van der Waals surface area contributed by atoms with Gasteiger partial charge in [0, 0.05) is 19.7 Å². The predicted octanol–water partition coefficient (Wildman–Crippen LogP) is 0.237. The van der Waals surface area contributed by atoms with Gasteiger partial charge in [-0.1, -0.05) is 6.42 Å². The van der Waals surface area contributed by atoms with Gasteiger partial charge in [-0.15, -0.1) is 0 Å². The lowest BCUT2D eigenvalue weighted by Gasteiger charge is -2.17. The summed E-state index contributed by atoms with van der Waals surface area (Å²) in [6.07, 6.45) is 4.15. The number of nitrogens with zero attached hydrogens (tertiary/aromatic N) is 1. The molecule has 1 saturated heterocycles. The molecule has 3 heteroatoms. The Labute approximate surface area is 67.0 Å². The molecule has 64 valence electrons. The topological polar surface area (TPSA) is 40.5 Å². The van der Waals surface area contributed by atoms with E-state index in [4.69, 9.17) is 5.11 Å². The molecule has 1 aliphatic heterocycles. The lowest BCUT2D eigenvalue weighted by Crippen LogP contribution is -2.28. The van der Waals surface area contributed by atoms with Crippen LogP contribution in [0.15, 0.2) is 0 Å². The molecule has 1 unspecified atom stereocenters. The van der Waals surface area contributed by atoms with Crippen LogP contribution in [0.4, 0.5) is 0 Å². The van der Waals surface area contributed by atoms with E-state index in [1.807, 2.05) is 0 Å². The molecule has 0 spiro atoms. The summed E-state index contributed by atoms with van der Waals surface area (Å²) in [5.41, 5.74) is 0. The van der Waals surface area contributed by atoms with Crippen LogP contribution in [-0.4, -0.2) is 36.1 Å². The number of aliphatic hydroxyl groups is 1. The first-order valence-corrected chi connectivity index (χ1v) is 4.17. The molecule has 11 heavy (non-hydrogen) atoms. The van der Waals surface area contributed by atoms with Crippen molar-refractivity contribution in [3.8, 4) is 0 Å². The molecular weight excluding hydrogens is 142 g/mol. The van der Waals surface area contributed by atoms with Crippen molar-refractivity contribution in [1.82, 2.24) is 4.90 Å². The van der Waals surface area contributed by atoms with Crippen LogP contribution in [0, 0.1) is 5.92 Å². The number of carbonyl (C=O) groups excluding carboxylic acids is 1. The molecule has 0 aromatic carbocycles. The molecule has 0 aliphatic carbocycles. The van der Waals surface area contributed by atoms with Crippen LogP contribution < -0.4 is 0 Å². The minimum absolute atomic E-state index is 0.213. The van der Waals surface area contributed by atoms with Crippen molar-refractivity contribution in [3.05, 3.63) is 0 Å². The maximum atomic E-state index is 10.4. The normalized spacial score (nSPS) is 26.3. The first kappa shape index (κ1) is 8.53. The van der Waals surface area contributed by atoms with Crippen LogP contribution in [0.3, 0.4) is 0 Å². The van der Waals surface area contributed by atoms with Crippen LogP contribution >= 0.6 is 0 Å². The van der Waals surface area contributed by atoms with Crippen molar-refractivity contribution in [3.63, 3.8) is 0 Å². The van der Waals surface area contributed by atoms with Crippen molar-refractivity contribution in [1.29, 1.82) is 0 Å². The van der Waals surface area contributed by atoms with E-state index in [0.29, 0.717) is 5.92 Å². The van der Waals surface area contributed by atoms with Crippen LogP contribution in [0.5, 0.6) is 0 Å². The summed E-state index contributed by atoms with van der Waals surface area (Å²) in [6.45, 7) is 1.81. The van der Waals surface area contributed by atoms with Crippen molar-refractivity contribution in [2.75, 3.05) is 19.7 Å². The van der Waals surface area contributed by atoms with Crippen molar-refractivity contribution >= 4 is 6.41 Å². The van der Waals surface area contributed by atoms with Gasteiger partial charge in [0.1, 0.15) is 0 Å².